The highest BCUT2D eigenvalue weighted by Gasteiger charge is 2.30. The molecule has 0 aromatic heterocycles. The van der Waals surface area contributed by atoms with Crippen molar-refractivity contribution in [1.29, 1.82) is 0 Å². The molecule has 1 N–H and O–H groups in total. The maximum Gasteiger partial charge on any atom is 0.416 e. The van der Waals surface area contributed by atoms with Crippen molar-refractivity contribution >= 4 is 5.91 Å². The smallest absolute Gasteiger partial charge is 0.379 e. The minimum Gasteiger partial charge on any atom is -0.379 e. The molecule has 1 amide bonds. The molecule has 0 radical (unpaired) electrons. The van der Waals surface area contributed by atoms with Crippen molar-refractivity contribution < 1.29 is 22.7 Å². The molecule has 4 nitrogen and oxygen atoms in total. The Morgan fingerprint density at radius 2 is 2.00 bits per heavy atom. The molecule has 0 bridgehead atoms. The van der Waals surface area contributed by atoms with E-state index in [2.05, 4.69) is 10.2 Å². The van der Waals surface area contributed by atoms with Gasteiger partial charge in [0.1, 0.15) is 0 Å². The quantitative estimate of drug-likeness (QED) is 0.899. The third kappa shape index (κ3) is 5.31. The van der Waals surface area contributed by atoms with Gasteiger partial charge in [-0.05, 0) is 11.6 Å². The first kappa shape index (κ1) is 16.8. The number of morpholine rings is 1. The highest BCUT2D eigenvalue weighted by Crippen LogP contribution is 2.29. The zero-order chi connectivity index (χ0) is 16.0. The Morgan fingerprint density at radius 3 is 2.68 bits per heavy atom. The summed E-state index contributed by atoms with van der Waals surface area (Å²) in [5.41, 5.74) is -0.371. The van der Waals surface area contributed by atoms with Crippen LogP contribution in [0.1, 0.15) is 11.1 Å². The number of hydrogen-bond acceptors (Lipinski definition) is 3. The third-order valence-corrected chi connectivity index (χ3v) is 3.47. The second kappa shape index (κ2) is 7.60. The summed E-state index contributed by atoms with van der Waals surface area (Å²) in [6.07, 6.45) is -4.43. The number of benzene rings is 1. The molecule has 0 unspecified atom stereocenters. The van der Waals surface area contributed by atoms with Gasteiger partial charge in [0.25, 0.3) is 0 Å². The Morgan fingerprint density at radius 1 is 1.27 bits per heavy atom. The van der Waals surface area contributed by atoms with Crippen molar-refractivity contribution in [2.45, 2.75) is 12.6 Å². The van der Waals surface area contributed by atoms with E-state index in [1.165, 1.54) is 12.1 Å². The number of amides is 1. The SMILES string of the molecule is O=C(Cc1cccc(C(F)(F)F)c1)NCCN1CCOCC1. The van der Waals surface area contributed by atoms with Gasteiger partial charge in [-0.2, -0.15) is 13.2 Å². The van der Waals surface area contributed by atoms with Crippen LogP contribution in [0, 0.1) is 0 Å². The van der Waals surface area contributed by atoms with E-state index < -0.39 is 11.7 Å². The summed E-state index contributed by atoms with van der Waals surface area (Å²) in [4.78, 5) is 14.0. The molecule has 122 valence electrons. The highest BCUT2D eigenvalue weighted by molar-refractivity contribution is 5.78. The van der Waals surface area contributed by atoms with E-state index in [-0.39, 0.29) is 12.3 Å². The Kier molecular flexibility index (Phi) is 5.79. The summed E-state index contributed by atoms with van der Waals surface area (Å²) in [6.45, 7) is 4.26. The summed E-state index contributed by atoms with van der Waals surface area (Å²) in [5.74, 6) is -0.271. The van der Waals surface area contributed by atoms with Crippen LogP contribution in [0.5, 0.6) is 0 Å². The standard InChI is InChI=1S/C15H19F3N2O2/c16-15(17,18)13-3-1-2-12(10-13)11-14(21)19-4-5-20-6-8-22-9-7-20/h1-3,10H,4-9,11H2,(H,19,21). The molecule has 2 rings (SSSR count). The second-order valence-electron chi connectivity index (χ2n) is 5.18. The second-order valence-corrected chi connectivity index (χ2v) is 5.18. The molecule has 0 aliphatic carbocycles. The summed E-state index contributed by atoms with van der Waals surface area (Å²) >= 11 is 0. The van der Waals surface area contributed by atoms with Crippen molar-refractivity contribution in [2.24, 2.45) is 0 Å². The molecule has 0 spiro atoms. The van der Waals surface area contributed by atoms with Crippen molar-refractivity contribution in [2.75, 3.05) is 39.4 Å². The van der Waals surface area contributed by atoms with Crippen LogP contribution in [-0.4, -0.2) is 50.2 Å². The lowest BCUT2D eigenvalue weighted by Gasteiger charge is -2.26. The van der Waals surface area contributed by atoms with E-state index in [9.17, 15) is 18.0 Å². The molecule has 1 heterocycles. The van der Waals surface area contributed by atoms with Gasteiger partial charge in [-0.15, -0.1) is 0 Å². The van der Waals surface area contributed by atoms with Crippen molar-refractivity contribution in [1.82, 2.24) is 10.2 Å². The maximum atomic E-state index is 12.6. The van der Waals surface area contributed by atoms with E-state index in [4.69, 9.17) is 4.74 Å². The van der Waals surface area contributed by atoms with Gasteiger partial charge in [0.15, 0.2) is 0 Å². The van der Waals surface area contributed by atoms with E-state index in [0.29, 0.717) is 25.3 Å². The molecule has 22 heavy (non-hydrogen) atoms. The number of halogens is 3. The fourth-order valence-corrected chi connectivity index (χ4v) is 2.28. The number of carbonyl (C=O) groups is 1. The number of alkyl halides is 3. The topological polar surface area (TPSA) is 41.6 Å². The first-order valence-electron chi connectivity index (χ1n) is 7.18. The first-order valence-corrected chi connectivity index (χ1v) is 7.18. The molecule has 0 saturated carbocycles. The average Bonchev–Trinajstić information content (AvgIpc) is 2.48. The number of ether oxygens (including phenoxy) is 1. The van der Waals surface area contributed by atoms with Crippen molar-refractivity contribution in [3.8, 4) is 0 Å². The van der Waals surface area contributed by atoms with Crippen molar-refractivity contribution in [3.05, 3.63) is 35.4 Å². The first-order chi connectivity index (χ1) is 10.4. The average molecular weight is 316 g/mol. The largest absolute Gasteiger partial charge is 0.416 e. The van der Waals surface area contributed by atoms with Crippen LogP contribution < -0.4 is 5.32 Å². The lowest BCUT2D eigenvalue weighted by atomic mass is 10.1. The number of nitrogens with zero attached hydrogens (tertiary/aromatic N) is 1. The summed E-state index contributed by atoms with van der Waals surface area (Å²) < 4.78 is 43.0. The van der Waals surface area contributed by atoms with Gasteiger partial charge >= 0.3 is 6.18 Å². The predicted octanol–water partition coefficient (Wildman–Crippen LogP) is 1.70. The zero-order valence-electron chi connectivity index (χ0n) is 12.2. The third-order valence-electron chi connectivity index (χ3n) is 3.47. The predicted molar refractivity (Wildman–Crippen MR) is 75.4 cm³/mol. The van der Waals surface area contributed by atoms with Gasteiger partial charge < -0.3 is 10.1 Å². The molecular weight excluding hydrogens is 297 g/mol. The Labute approximate surface area is 127 Å². The molecular formula is C15H19F3N2O2. The summed E-state index contributed by atoms with van der Waals surface area (Å²) in [5, 5.41) is 2.73. The number of hydrogen-bond donors (Lipinski definition) is 1. The molecule has 1 saturated heterocycles. The zero-order valence-corrected chi connectivity index (χ0v) is 12.2. The van der Waals surface area contributed by atoms with Gasteiger partial charge in [0, 0.05) is 26.2 Å². The maximum absolute atomic E-state index is 12.6. The van der Waals surface area contributed by atoms with E-state index in [1.54, 1.807) is 0 Å². The van der Waals surface area contributed by atoms with E-state index in [0.717, 1.165) is 31.8 Å². The molecule has 1 fully saturated rings. The monoisotopic (exact) mass is 316 g/mol. The molecule has 7 heteroatoms. The van der Waals surface area contributed by atoms with Gasteiger partial charge in [-0.3, -0.25) is 9.69 Å². The minimum absolute atomic E-state index is 0.0486. The lowest BCUT2D eigenvalue weighted by molar-refractivity contribution is -0.137. The summed E-state index contributed by atoms with van der Waals surface area (Å²) in [7, 11) is 0. The van der Waals surface area contributed by atoms with Crippen molar-refractivity contribution in [3.63, 3.8) is 0 Å². The minimum atomic E-state index is -4.39. The number of rotatable bonds is 5. The number of carbonyl (C=O) groups excluding carboxylic acids is 1. The molecule has 1 aromatic carbocycles. The number of nitrogens with one attached hydrogen (secondary N) is 1. The molecule has 1 aliphatic rings. The summed E-state index contributed by atoms with van der Waals surface area (Å²) in [6, 6.07) is 4.86. The van der Waals surface area contributed by atoms with Crippen LogP contribution >= 0.6 is 0 Å². The van der Waals surface area contributed by atoms with Gasteiger partial charge in [-0.1, -0.05) is 18.2 Å². The normalized spacial score (nSPS) is 16.5. The van der Waals surface area contributed by atoms with Gasteiger partial charge in [0.05, 0.1) is 25.2 Å². The Bertz CT molecular complexity index is 500. The fraction of sp³-hybridized carbons (Fsp3) is 0.533. The van der Waals surface area contributed by atoms with Gasteiger partial charge in [-0.25, -0.2) is 0 Å². The van der Waals surface area contributed by atoms with Crippen LogP contribution in [0.4, 0.5) is 13.2 Å². The molecule has 1 aromatic rings. The highest BCUT2D eigenvalue weighted by atomic mass is 19.4. The van der Waals surface area contributed by atoms with Crippen LogP contribution in [0.2, 0.25) is 0 Å². The van der Waals surface area contributed by atoms with Crippen LogP contribution in [0.15, 0.2) is 24.3 Å². The Hall–Kier alpha value is -1.60. The van der Waals surface area contributed by atoms with Crippen LogP contribution in [0.3, 0.4) is 0 Å². The lowest BCUT2D eigenvalue weighted by Crippen LogP contribution is -2.41. The molecule has 1 aliphatic heterocycles. The van der Waals surface area contributed by atoms with E-state index >= 15 is 0 Å². The van der Waals surface area contributed by atoms with E-state index in [1.807, 2.05) is 0 Å². The fourth-order valence-electron chi connectivity index (χ4n) is 2.28. The molecule has 0 atom stereocenters. The van der Waals surface area contributed by atoms with Crippen LogP contribution in [-0.2, 0) is 22.1 Å². The Balaban J connectivity index is 1.77. The van der Waals surface area contributed by atoms with Gasteiger partial charge in [0.2, 0.25) is 5.91 Å². The van der Waals surface area contributed by atoms with Crippen LogP contribution in [0.25, 0.3) is 0 Å².